The van der Waals surface area contributed by atoms with Crippen LogP contribution in [0.15, 0.2) is 243 Å². The summed E-state index contributed by atoms with van der Waals surface area (Å²) in [6, 6.07) is 89.6. The van der Waals surface area contributed by atoms with Crippen LogP contribution in [0.25, 0.3) is 113 Å². The molecule has 0 aliphatic carbocycles. The average Bonchev–Trinajstić information content (AvgIpc) is 3.94. The summed E-state index contributed by atoms with van der Waals surface area (Å²) in [5.74, 6) is 0. The van der Waals surface area contributed by atoms with Gasteiger partial charge in [-0.25, -0.2) is 0 Å². The minimum atomic E-state index is 1.10. The molecule has 0 aliphatic rings. The molecule has 2 heterocycles. The normalized spacial score (nSPS) is 11.9. The van der Waals surface area contributed by atoms with Crippen LogP contribution in [0.4, 0.5) is 17.1 Å². The van der Waals surface area contributed by atoms with Crippen molar-refractivity contribution in [2.24, 2.45) is 0 Å². The maximum absolute atomic E-state index is 2.41. The van der Waals surface area contributed by atoms with Crippen molar-refractivity contribution in [2.75, 3.05) is 4.90 Å². The van der Waals surface area contributed by atoms with Crippen LogP contribution in [-0.4, -0.2) is 4.57 Å². The molecule has 0 aliphatic heterocycles. The molecule has 0 amide bonds. The van der Waals surface area contributed by atoms with Gasteiger partial charge in [0.05, 0.1) is 11.0 Å². The highest BCUT2D eigenvalue weighted by Crippen LogP contribution is 2.43. The molecule has 14 aromatic rings. The number of hydrogen-bond donors (Lipinski definition) is 0. The van der Waals surface area contributed by atoms with Gasteiger partial charge in [-0.3, -0.25) is 0 Å². The van der Waals surface area contributed by atoms with Gasteiger partial charge in [-0.05, 0) is 150 Å². The van der Waals surface area contributed by atoms with Crippen LogP contribution in [-0.2, 0) is 0 Å². The summed E-state index contributed by atoms with van der Waals surface area (Å²) in [5.41, 5.74) is 11.7. The molecule has 0 N–H and O–H groups in total. The lowest BCUT2D eigenvalue weighted by Crippen LogP contribution is -2.10. The Balaban J connectivity index is 0.889. The van der Waals surface area contributed by atoms with Gasteiger partial charge >= 0.3 is 0 Å². The molecule has 0 fully saturated rings. The molecule has 2 aromatic heterocycles. The Morgan fingerprint density at radius 1 is 0.269 bits per heavy atom. The third-order valence-electron chi connectivity index (χ3n) is 13.9. The third kappa shape index (κ3) is 6.09. The quantitative estimate of drug-likeness (QED) is 0.151. The summed E-state index contributed by atoms with van der Waals surface area (Å²) in [4.78, 5) is 2.41. The zero-order valence-electron chi connectivity index (χ0n) is 36.4. The molecule has 312 valence electrons. The molecule has 0 bridgehead atoms. The molecule has 0 saturated heterocycles. The van der Waals surface area contributed by atoms with E-state index in [0.717, 1.165) is 17.1 Å². The van der Waals surface area contributed by atoms with Crippen LogP contribution in [0.1, 0.15) is 0 Å². The first-order valence-electron chi connectivity index (χ1n) is 23.0. The number of anilines is 3. The second-order valence-electron chi connectivity index (χ2n) is 17.7. The standard InChI is InChI=1S/C64H40N2S/c1-2-12-44-37-49(32-25-41(44)11-1)66-61-19-9-7-17-56(61)59-38-45(26-35-62(59)66)42-21-28-47(29-22-42)65(50-33-34-55-53-15-4-3-13-51(53)52-14-5-6-16-54(52)58(55)40-50)48-30-23-43(24-31-48)46-27-36-64-60(39-46)57-18-8-10-20-63(57)67-64/h1-40H. The van der Waals surface area contributed by atoms with Gasteiger partial charge in [0.1, 0.15) is 0 Å². The Morgan fingerprint density at radius 2 is 0.761 bits per heavy atom. The predicted octanol–water partition coefficient (Wildman–Crippen LogP) is 18.6. The van der Waals surface area contributed by atoms with E-state index in [-0.39, 0.29) is 0 Å². The number of hydrogen-bond acceptors (Lipinski definition) is 2. The minimum absolute atomic E-state index is 1.10. The largest absolute Gasteiger partial charge is 0.310 e. The van der Waals surface area contributed by atoms with Gasteiger partial charge in [-0.1, -0.05) is 158 Å². The highest BCUT2D eigenvalue weighted by Gasteiger charge is 2.18. The molecule has 14 rings (SSSR count). The molecule has 0 saturated carbocycles. The zero-order chi connectivity index (χ0) is 44.0. The van der Waals surface area contributed by atoms with E-state index in [1.165, 1.54) is 113 Å². The Morgan fingerprint density at radius 3 is 1.46 bits per heavy atom. The average molecular weight is 869 g/mol. The van der Waals surface area contributed by atoms with Crippen molar-refractivity contribution in [3.05, 3.63) is 243 Å². The fourth-order valence-electron chi connectivity index (χ4n) is 10.7. The molecule has 0 spiro atoms. The van der Waals surface area contributed by atoms with Gasteiger partial charge in [0.2, 0.25) is 0 Å². The number of nitrogens with zero attached hydrogens (tertiary/aromatic N) is 2. The molecular formula is C64H40N2S. The Bertz CT molecular complexity index is 4240. The van der Waals surface area contributed by atoms with Crippen molar-refractivity contribution in [2.45, 2.75) is 0 Å². The Kier molecular flexibility index (Phi) is 8.49. The van der Waals surface area contributed by atoms with Crippen LogP contribution in [0.5, 0.6) is 0 Å². The molecular weight excluding hydrogens is 829 g/mol. The number of para-hydroxylation sites is 1. The Labute approximate surface area is 391 Å². The molecule has 67 heavy (non-hydrogen) atoms. The van der Waals surface area contributed by atoms with E-state index in [1.54, 1.807) is 0 Å². The van der Waals surface area contributed by atoms with Gasteiger partial charge in [0.15, 0.2) is 0 Å². The number of aromatic nitrogens is 1. The van der Waals surface area contributed by atoms with Crippen LogP contribution < -0.4 is 4.90 Å². The number of benzene rings is 12. The fourth-order valence-corrected chi connectivity index (χ4v) is 11.8. The molecule has 0 radical (unpaired) electrons. The van der Waals surface area contributed by atoms with Crippen LogP contribution >= 0.6 is 11.3 Å². The van der Waals surface area contributed by atoms with Gasteiger partial charge in [-0.2, -0.15) is 0 Å². The van der Waals surface area contributed by atoms with E-state index < -0.39 is 0 Å². The van der Waals surface area contributed by atoms with Crippen LogP contribution in [0.2, 0.25) is 0 Å². The first-order valence-corrected chi connectivity index (χ1v) is 23.8. The van der Waals surface area contributed by atoms with Crippen molar-refractivity contribution >= 4 is 113 Å². The van der Waals surface area contributed by atoms with E-state index in [2.05, 4.69) is 252 Å². The fraction of sp³-hybridized carbons (Fsp3) is 0. The van der Waals surface area contributed by atoms with Gasteiger partial charge in [-0.15, -0.1) is 11.3 Å². The van der Waals surface area contributed by atoms with Crippen LogP contribution in [0, 0.1) is 0 Å². The SMILES string of the molecule is c1ccc2cc(-n3c4ccccc4c4cc(-c5ccc(N(c6ccc(-c7ccc8sc9ccccc9c8c7)cc6)c6ccc7c8ccccc8c8ccccc8c7c6)cc5)ccc43)ccc2c1. The number of thiophene rings is 1. The molecule has 3 heteroatoms. The summed E-state index contributed by atoms with van der Waals surface area (Å²) in [7, 11) is 0. The smallest absolute Gasteiger partial charge is 0.0541 e. The first kappa shape index (κ1) is 37.8. The summed E-state index contributed by atoms with van der Waals surface area (Å²) >= 11 is 1.86. The lowest BCUT2D eigenvalue weighted by atomic mass is 9.94. The second-order valence-corrected chi connectivity index (χ2v) is 18.8. The maximum Gasteiger partial charge on any atom is 0.0541 e. The van der Waals surface area contributed by atoms with Crippen molar-refractivity contribution < 1.29 is 0 Å². The lowest BCUT2D eigenvalue weighted by molar-refractivity contribution is 1.19. The lowest BCUT2D eigenvalue weighted by Gasteiger charge is -2.27. The summed E-state index contributed by atoms with van der Waals surface area (Å²) in [6.07, 6.45) is 0. The molecule has 12 aromatic carbocycles. The van der Waals surface area contributed by atoms with Crippen LogP contribution in [0.3, 0.4) is 0 Å². The van der Waals surface area contributed by atoms with Crippen molar-refractivity contribution in [3.63, 3.8) is 0 Å². The topological polar surface area (TPSA) is 8.17 Å². The summed E-state index contributed by atoms with van der Waals surface area (Å²) < 4.78 is 5.05. The summed E-state index contributed by atoms with van der Waals surface area (Å²) in [6.45, 7) is 0. The maximum atomic E-state index is 2.41. The highest BCUT2D eigenvalue weighted by atomic mass is 32.1. The highest BCUT2D eigenvalue weighted by molar-refractivity contribution is 7.25. The zero-order valence-corrected chi connectivity index (χ0v) is 37.2. The molecule has 0 atom stereocenters. The first-order chi connectivity index (χ1) is 33.2. The van der Waals surface area contributed by atoms with E-state index >= 15 is 0 Å². The second kappa shape index (κ2) is 15.0. The van der Waals surface area contributed by atoms with Gasteiger partial charge in [0.25, 0.3) is 0 Å². The van der Waals surface area contributed by atoms with E-state index in [1.807, 2.05) is 11.3 Å². The van der Waals surface area contributed by atoms with Gasteiger partial charge < -0.3 is 9.47 Å². The van der Waals surface area contributed by atoms with Crippen molar-refractivity contribution in [1.82, 2.24) is 4.57 Å². The van der Waals surface area contributed by atoms with E-state index in [9.17, 15) is 0 Å². The molecule has 0 unspecified atom stereocenters. The number of fused-ring (bicyclic) bond motifs is 13. The minimum Gasteiger partial charge on any atom is -0.310 e. The van der Waals surface area contributed by atoms with Crippen molar-refractivity contribution in [3.8, 4) is 27.9 Å². The Hall–Kier alpha value is -8.50. The van der Waals surface area contributed by atoms with E-state index in [0.29, 0.717) is 0 Å². The van der Waals surface area contributed by atoms with Gasteiger partial charge in [0, 0.05) is 53.7 Å². The third-order valence-corrected chi connectivity index (χ3v) is 15.1. The predicted molar refractivity (Wildman–Crippen MR) is 289 cm³/mol. The molecule has 2 nitrogen and oxygen atoms in total. The van der Waals surface area contributed by atoms with E-state index in [4.69, 9.17) is 0 Å². The van der Waals surface area contributed by atoms with Crippen molar-refractivity contribution in [1.29, 1.82) is 0 Å². The summed E-state index contributed by atoms with van der Waals surface area (Å²) in [5, 5.41) is 15.2. The number of rotatable bonds is 6. The monoisotopic (exact) mass is 868 g/mol.